The van der Waals surface area contributed by atoms with Crippen molar-refractivity contribution in [1.82, 2.24) is 0 Å². The second-order valence-electron chi connectivity index (χ2n) is 12.3. The van der Waals surface area contributed by atoms with Crippen LogP contribution in [-0.2, 0) is 30.8 Å². The summed E-state index contributed by atoms with van der Waals surface area (Å²) in [6.07, 6.45) is 2.02. The van der Waals surface area contributed by atoms with Gasteiger partial charge in [0.25, 0.3) is 10.1 Å². The highest BCUT2D eigenvalue weighted by molar-refractivity contribution is 7.87. The number of hydrogen-bond acceptors (Lipinski definition) is 7. The van der Waals surface area contributed by atoms with Crippen LogP contribution in [0.1, 0.15) is 60.8 Å². The summed E-state index contributed by atoms with van der Waals surface area (Å²) in [5.41, 5.74) is 3.73. The Balaban J connectivity index is 1.21. The lowest BCUT2D eigenvalue weighted by atomic mass is 9.55. The lowest BCUT2D eigenvalue weighted by molar-refractivity contribution is -0.0324. The molecule has 0 aliphatic heterocycles. The number of hydrogen-bond donors (Lipinski definition) is 1. The van der Waals surface area contributed by atoms with Crippen LogP contribution in [0.5, 0.6) is 5.75 Å². The molecule has 2 fully saturated rings. The van der Waals surface area contributed by atoms with Gasteiger partial charge in [0.15, 0.2) is 0 Å². The van der Waals surface area contributed by atoms with Crippen LogP contribution in [0.25, 0.3) is 0 Å². The second-order valence-corrected chi connectivity index (χ2v) is 15.4. The molecule has 6 rings (SSSR count). The zero-order chi connectivity index (χ0) is 29.2. The fourth-order valence-electron chi connectivity index (χ4n) is 7.53. The van der Waals surface area contributed by atoms with E-state index in [0.717, 1.165) is 42.4 Å². The van der Waals surface area contributed by atoms with Crippen molar-refractivity contribution in [3.63, 3.8) is 0 Å². The van der Waals surface area contributed by atoms with Crippen LogP contribution >= 0.6 is 0 Å². The van der Waals surface area contributed by atoms with Gasteiger partial charge >= 0.3 is 10.1 Å². The molecular formula is C32H36O7S2. The Kier molecular flexibility index (Phi) is 7.08. The van der Waals surface area contributed by atoms with Crippen molar-refractivity contribution in [1.29, 1.82) is 0 Å². The smallest absolute Gasteiger partial charge is 0.339 e. The Labute approximate surface area is 242 Å². The molecular weight excluding hydrogens is 560 g/mol. The highest BCUT2D eigenvalue weighted by Gasteiger charge is 2.60. The monoisotopic (exact) mass is 596 g/mol. The molecule has 0 aromatic heterocycles. The first-order valence-corrected chi connectivity index (χ1v) is 17.0. The van der Waals surface area contributed by atoms with Crippen molar-refractivity contribution >= 4 is 20.2 Å². The first-order chi connectivity index (χ1) is 19.4. The van der Waals surface area contributed by atoms with E-state index in [0.29, 0.717) is 12.2 Å². The van der Waals surface area contributed by atoms with E-state index in [1.807, 2.05) is 26.0 Å². The maximum absolute atomic E-state index is 13.2. The van der Waals surface area contributed by atoms with E-state index >= 15 is 0 Å². The van der Waals surface area contributed by atoms with Crippen LogP contribution in [0.4, 0.5) is 0 Å². The van der Waals surface area contributed by atoms with Gasteiger partial charge in [-0.3, -0.25) is 4.18 Å². The van der Waals surface area contributed by atoms with E-state index in [9.17, 15) is 21.9 Å². The highest BCUT2D eigenvalue weighted by Crippen LogP contribution is 2.62. The quantitative estimate of drug-likeness (QED) is 0.365. The molecule has 1 N–H and O–H groups in total. The highest BCUT2D eigenvalue weighted by atomic mass is 32.2. The third kappa shape index (κ3) is 5.11. The summed E-state index contributed by atoms with van der Waals surface area (Å²) in [5, 5.41) is 11.1. The van der Waals surface area contributed by atoms with Gasteiger partial charge in [0.2, 0.25) is 0 Å². The molecule has 6 atom stereocenters. The Morgan fingerprint density at radius 1 is 0.829 bits per heavy atom. The molecule has 0 bridgehead atoms. The van der Waals surface area contributed by atoms with Crippen LogP contribution in [0.15, 0.2) is 76.5 Å². The molecule has 0 radical (unpaired) electrons. The molecule has 3 aromatic rings. The number of benzene rings is 3. The number of rotatable bonds is 6. The molecule has 3 aliphatic carbocycles. The Morgan fingerprint density at radius 2 is 1.44 bits per heavy atom. The molecule has 0 spiro atoms. The van der Waals surface area contributed by atoms with Crippen LogP contribution in [0, 0.1) is 31.1 Å². The van der Waals surface area contributed by atoms with Gasteiger partial charge in [-0.25, -0.2) is 0 Å². The van der Waals surface area contributed by atoms with Crippen molar-refractivity contribution in [2.75, 3.05) is 0 Å². The number of aryl methyl sites for hydroxylation is 3. The van der Waals surface area contributed by atoms with Crippen LogP contribution in [0.3, 0.4) is 0 Å². The summed E-state index contributed by atoms with van der Waals surface area (Å²) in [6.45, 7) is 5.86. The number of aliphatic hydroxyl groups excluding tert-OH is 1. The summed E-state index contributed by atoms with van der Waals surface area (Å²) >= 11 is 0. The maximum Gasteiger partial charge on any atom is 0.339 e. The lowest BCUT2D eigenvalue weighted by Gasteiger charge is -2.50. The maximum atomic E-state index is 13.2. The van der Waals surface area contributed by atoms with Gasteiger partial charge in [-0.1, -0.05) is 48.4 Å². The first-order valence-electron chi connectivity index (χ1n) is 14.2. The van der Waals surface area contributed by atoms with E-state index in [1.165, 1.54) is 5.56 Å². The summed E-state index contributed by atoms with van der Waals surface area (Å²) in [4.78, 5) is 0.221. The normalized spacial score (nSPS) is 29.3. The largest absolute Gasteiger partial charge is 0.390 e. The molecule has 41 heavy (non-hydrogen) atoms. The molecule has 9 heteroatoms. The third-order valence-electron chi connectivity index (χ3n) is 9.69. The molecule has 7 nitrogen and oxygen atoms in total. The van der Waals surface area contributed by atoms with Gasteiger partial charge in [-0.15, -0.1) is 0 Å². The topological polar surface area (TPSA) is 107 Å². The van der Waals surface area contributed by atoms with Crippen molar-refractivity contribution in [2.45, 2.75) is 80.8 Å². The fourth-order valence-corrected chi connectivity index (χ4v) is 9.65. The molecule has 0 saturated heterocycles. The van der Waals surface area contributed by atoms with Gasteiger partial charge in [-0.05, 0) is 111 Å². The van der Waals surface area contributed by atoms with Gasteiger partial charge in [0.1, 0.15) is 16.7 Å². The van der Waals surface area contributed by atoms with Crippen molar-refractivity contribution in [2.24, 2.45) is 17.3 Å². The summed E-state index contributed by atoms with van der Waals surface area (Å²) < 4.78 is 63.3. The summed E-state index contributed by atoms with van der Waals surface area (Å²) in [6, 6.07) is 18.7. The molecule has 3 aromatic carbocycles. The summed E-state index contributed by atoms with van der Waals surface area (Å²) in [5.74, 6) is 0.934. The molecule has 2 unspecified atom stereocenters. The Hall–Kier alpha value is -2.72. The summed E-state index contributed by atoms with van der Waals surface area (Å²) in [7, 11) is -7.97. The first kappa shape index (κ1) is 28.4. The van der Waals surface area contributed by atoms with Crippen molar-refractivity contribution in [3.8, 4) is 5.75 Å². The Morgan fingerprint density at radius 3 is 2.07 bits per heavy atom. The van der Waals surface area contributed by atoms with E-state index < -0.39 is 37.9 Å². The number of aliphatic hydroxyl groups is 1. The molecule has 0 amide bonds. The molecule has 3 aliphatic rings. The SMILES string of the molecule is Cc1ccc(S(=O)(=O)Oc2ccc3c(c2)CC[C@@H]2[C@@H]3CC[C@]3(C)C(OS(=O)(=O)c4ccc(C)cc4)C(O)C[C@@H]23)cc1. The molecule has 2 saturated carbocycles. The Bertz CT molecular complexity index is 1660. The van der Waals surface area contributed by atoms with Gasteiger partial charge in [0.05, 0.1) is 11.0 Å². The number of fused-ring (bicyclic) bond motifs is 5. The predicted octanol–water partition coefficient (Wildman–Crippen LogP) is 5.67. The van der Waals surface area contributed by atoms with Crippen molar-refractivity contribution < 1.29 is 30.3 Å². The van der Waals surface area contributed by atoms with E-state index in [2.05, 4.69) is 6.92 Å². The predicted molar refractivity (Wildman–Crippen MR) is 155 cm³/mol. The third-order valence-corrected chi connectivity index (χ3v) is 12.3. The zero-order valence-corrected chi connectivity index (χ0v) is 25.1. The van der Waals surface area contributed by atoms with Crippen LogP contribution in [-0.4, -0.2) is 34.2 Å². The minimum atomic E-state index is -4.03. The van der Waals surface area contributed by atoms with E-state index in [1.54, 1.807) is 54.6 Å². The molecule has 218 valence electrons. The van der Waals surface area contributed by atoms with Crippen LogP contribution in [0.2, 0.25) is 0 Å². The average Bonchev–Trinajstić information content (AvgIpc) is 3.18. The standard InChI is InChI=1S/C32H36O7S2/c1-20-4-10-24(11-5-20)40(34,35)38-23-9-15-26-22(18-23)8-14-28-27(26)16-17-32(3)29(28)19-30(33)31(32)39-41(36,37)25-12-6-21(2)7-13-25/h4-7,9-13,15,18,27-31,33H,8,14,16-17,19H2,1-3H3/t27-,28-,29+,30?,31?,32+/m1/s1. The second kappa shape index (κ2) is 10.2. The molecule has 0 heterocycles. The van der Waals surface area contributed by atoms with Gasteiger partial charge in [0, 0.05) is 5.41 Å². The fraction of sp³-hybridized carbons (Fsp3) is 0.438. The van der Waals surface area contributed by atoms with Gasteiger partial charge in [-0.2, -0.15) is 16.8 Å². The van der Waals surface area contributed by atoms with E-state index in [-0.39, 0.29) is 27.5 Å². The van der Waals surface area contributed by atoms with Crippen LogP contribution < -0.4 is 4.18 Å². The minimum Gasteiger partial charge on any atom is -0.390 e. The zero-order valence-electron chi connectivity index (χ0n) is 23.5. The van der Waals surface area contributed by atoms with E-state index in [4.69, 9.17) is 8.37 Å². The lowest BCUT2D eigenvalue weighted by Crippen LogP contribution is -2.46. The minimum absolute atomic E-state index is 0.102. The van der Waals surface area contributed by atoms with Gasteiger partial charge < -0.3 is 9.29 Å². The van der Waals surface area contributed by atoms with Crippen molar-refractivity contribution in [3.05, 3.63) is 89.0 Å². The average molecular weight is 597 g/mol.